The van der Waals surface area contributed by atoms with Crippen molar-refractivity contribution >= 4 is 41.5 Å². The Morgan fingerprint density at radius 1 is 1.12 bits per heavy atom. The van der Waals surface area contributed by atoms with Crippen molar-refractivity contribution in [3.63, 3.8) is 0 Å². The van der Waals surface area contributed by atoms with Gasteiger partial charge in [0.15, 0.2) is 12.6 Å². The SMILES string of the molecule is CN=C(NCCCN1C(=O)COc2ccccc21)NCC(c1ccco1)N1CCCCC1.I. The highest BCUT2D eigenvalue weighted by molar-refractivity contribution is 14.0. The average molecular weight is 567 g/mol. The number of hydrogen-bond donors (Lipinski definition) is 2. The van der Waals surface area contributed by atoms with Crippen LogP contribution >= 0.6 is 24.0 Å². The van der Waals surface area contributed by atoms with Crippen LogP contribution in [-0.4, -0.2) is 63.1 Å². The first kappa shape index (κ1) is 25.4. The smallest absolute Gasteiger partial charge is 0.265 e. The summed E-state index contributed by atoms with van der Waals surface area (Å²) in [5.74, 6) is 2.50. The molecular formula is C24H34IN5O3. The van der Waals surface area contributed by atoms with E-state index in [1.807, 2.05) is 36.4 Å². The molecule has 2 aromatic rings. The lowest BCUT2D eigenvalue weighted by Crippen LogP contribution is -2.45. The van der Waals surface area contributed by atoms with Crippen molar-refractivity contribution in [1.82, 2.24) is 15.5 Å². The van der Waals surface area contributed by atoms with E-state index in [9.17, 15) is 4.79 Å². The summed E-state index contributed by atoms with van der Waals surface area (Å²) in [5.41, 5.74) is 0.842. The molecule has 2 N–H and O–H groups in total. The van der Waals surface area contributed by atoms with Gasteiger partial charge in [0.2, 0.25) is 0 Å². The van der Waals surface area contributed by atoms with Gasteiger partial charge in [0.1, 0.15) is 11.5 Å². The number of amides is 1. The summed E-state index contributed by atoms with van der Waals surface area (Å²) in [7, 11) is 1.78. The minimum absolute atomic E-state index is 0. The fraction of sp³-hybridized carbons (Fsp3) is 0.500. The number of rotatable bonds is 8. The highest BCUT2D eigenvalue weighted by atomic mass is 127. The Balaban J connectivity index is 0.00000306. The number of hydrogen-bond acceptors (Lipinski definition) is 5. The second-order valence-electron chi connectivity index (χ2n) is 8.16. The van der Waals surface area contributed by atoms with Crippen molar-refractivity contribution in [3.8, 4) is 5.75 Å². The van der Waals surface area contributed by atoms with Crippen LogP contribution in [-0.2, 0) is 4.79 Å². The monoisotopic (exact) mass is 567 g/mol. The topological polar surface area (TPSA) is 82.3 Å². The Morgan fingerprint density at radius 3 is 2.70 bits per heavy atom. The maximum atomic E-state index is 12.3. The molecule has 4 rings (SSSR count). The van der Waals surface area contributed by atoms with Gasteiger partial charge in [0.05, 0.1) is 18.0 Å². The minimum atomic E-state index is -0.00553. The number of furan rings is 1. The Labute approximate surface area is 212 Å². The van der Waals surface area contributed by atoms with E-state index < -0.39 is 0 Å². The number of anilines is 1. The summed E-state index contributed by atoms with van der Waals surface area (Å²) in [6, 6.07) is 11.9. The van der Waals surface area contributed by atoms with Crippen molar-refractivity contribution in [3.05, 3.63) is 48.4 Å². The highest BCUT2D eigenvalue weighted by Gasteiger charge is 2.25. The molecule has 1 saturated heterocycles. The van der Waals surface area contributed by atoms with Crippen LogP contribution in [0, 0.1) is 0 Å². The van der Waals surface area contributed by atoms with Crippen molar-refractivity contribution in [1.29, 1.82) is 0 Å². The van der Waals surface area contributed by atoms with Gasteiger partial charge in [-0.25, -0.2) is 0 Å². The molecule has 2 aliphatic heterocycles. The van der Waals surface area contributed by atoms with Crippen LogP contribution in [0.3, 0.4) is 0 Å². The number of likely N-dealkylation sites (tertiary alicyclic amines) is 1. The first-order valence-corrected chi connectivity index (χ1v) is 11.5. The van der Waals surface area contributed by atoms with Gasteiger partial charge < -0.3 is 24.7 Å². The van der Waals surface area contributed by atoms with Gasteiger partial charge in [-0.05, 0) is 56.6 Å². The van der Waals surface area contributed by atoms with Crippen LogP contribution in [0.4, 0.5) is 5.69 Å². The largest absolute Gasteiger partial charge is 0.482 e. The molecule has 9 heteroatoms. The summed E-state index contributed by atoms with van der Waals surface area (Å²) in [6.07, 6.45) is 6.30. The second kappa shape index (κ2) is 12.8. The van der Waals surface area contributed by atoms with Gasteiger partial charge in [-0.15, -0.1) is 24.0 Å². The molecule has 3 heterocycles. The summed E-state index contributed by atoms with van der Waals surface area (Å²) >= 11 is 0. The first-order valence-electron chi connectivity index (χ1n) is 11.5. The molecule has 1 unspecified atom stereocenters. The molecule has 2 aliphatic rings. The number of guanidine groups is 1. The van der Waals surface area contributed by atoms with Crippen LogP contribution in [0.15, 0.2) is 52.1 Å². The molecule has 1 atom stereocenters. The number of ether oxygens (including phenoxy) is 1. The lowest BCUT2D eigenvalue weighted by molar-refractivity contribution is -0.121. The van der Waals surface area contributed by atoms with Crippen LogP contribution < -0.4 is 20.3 Å². The van der Waals surface area contributed by atoms with E-state index >= 15 is 0 Å². The van der Waals surface area contributed by atoms with Crippen LogP contribution in [0.25, 0.3) is 0 Å². The molecule has 1 fully saturated rings. The van der Waals surface area contributed by atoms with E-state index in [-0.39, 0.29) is 42.5 Å². The number of carbonyl (C=O) groups excluding carboxylic acids is 1. The van der Waals surface area contributed by atoms with E-state index in [1.54, 1.807) is 18.2 Å². The zero-order valence-electron chi connectivity index (χ0n) is 19.2. The summed E-state index contributed by atoms with van der Waals surface area (Å²) in [4.78, 5) is 21.0. The molecule has 8 nitrogen and oxygen atoms in total. The van der Waals surface area contributed by atoms with Gasteiger partial charge in [0, 0.05) is 26.7 Å². The van der Waals surface area contributed by atoms with Crippen LogP contribution in [0.1, 0.15) is 37.5 Å². The number of para-hydroxylation sites is 2. The van der Waals surface area contributed by atoms with E-state index in [4.69, 9.17) is 9.15 Å². The maximum absolute atomic E-state index is 12.3. The summed E-state index contributed by atoms with van der Waals surface area (Å²) in [6.45, 7) is 4.34. The van der Waals surface area contributed by atoms with Gasteiger partial charge in [-0.2, -0.15) is 0 Å². The van der Waals surface area contributed by atoms with E-state index in [0.29, 0.717) is 13.1 Å². The standard InChI is InChI=1S/C24H33N5O3.HI/c1-25-24(27-17-20(22-11-7-16-31-22)28-13-5-2-6-14-28)26-12-8-15-29-19-9-3-4-10-21(19)32-18-23(29)30;/h3-4,7,9-11,16,20H,2,5-6,8,12-15,17-18H2,1H3,(H2,25,26,27);1H. The predicted molar refractivity (Wildman–Crippen MR) is 141 cm³/mol. The quantitative estimate of drug-likeness (QED) is 0.220. The average Bonchev–Trinajstić information content (AvgIpc) is 3.37. The Hall–Kier alpha value is -2.27. The van der Waals surface area contributed by atoms with Gasteiger partial charge >= 0.3 is 0 Å². The molecule has 1 amide bonds. The van der Waals surface area contributed by atoms with E-state index in [1.165, 1.54) is 19.3 Å². The van der Waals surface area contributed by atoms with Crippen molar-refractivity contribution in [2.45, 2.75) is 31.7 Å². The van der Waals surface area contributed by atoms with Crippen LogP contribution in [0.2, 0.25) is 0 Å². The molecule has 0 aliphatic carbocycles. The molecular weight excluding hydrogens is 533 g/mol. The molecule has 33 heavy (non-hydrogen) atoms. The minimum Gasteiger partial charge on any atom is -0.482 e. The lowest BCUT2D eigenvalue weighted by atomic mass is 10.1. The normalized spacial score (nSPS) is 17.5. The van der Waals surface area contributed by atoms with Crippen molar-refractivity contribution < 1.29 is 13.9 Å². The van der Waals surface area contributed by atoms with Gasteiger partial charge in [0.25, 0.3) is 5.91 Å². The Kier molecular flexibility index (Phi) is 9.86. The van der Waals surface area contributed by atoms with Gasteiger partial charge in [-0.3, -0.25) is 14.7 Å². The number of piperidine rings is 1. The van der Waals surface area contributed by atoms with Crippen molar-refractivity contribution in [2.24, 2.45) is 4.99 Å². The third kappa shape index (κ3) is 6.63. The maximum Gasteiger partial charge on any atom is 0.265 e. The predicted octanol–water partition coefficient (Wildman–Crippen LogP) is 3.41. The molecule has 0 bridgehead atoms. The number of halogens is 1. The second-order valence-corrected chi connectivity index (χ2v) is 8.16. The Morgan fingerprint density at radius 2 is 1.94 bits per heavy atom. The molecule has 0 saturated carbocycles. The van der Waals surface area contributed by atoms with E-state index in [0.717, 1.165) is 49.2 Å². The number of carbonyl (C=O) groups is 1. The zero-order chi connectivity index (χ0) is 22.2. The van der Waals surface area contributed by atoms with Gasteiger partial charge in [-0.1, -0.05) is 18.6 Å². The first-order chi connectivity index (χ1) is 15.8. The highest BCUT2D eigenvalue weighted by Crippen LogP contribution is 2.31. The molecule has 1 aromatic carbocycles. The zero-order valence-corrected chi connectivity index (χ0v) is 21.5. The molecule has 0 spiro atoms. The number of aliphatic imine (C=N–C) groups is 1. The number of fused-ring (bicyclic) bond motifs is 1. The van der Waals surface area contributed by atoms with Crippen molar-refractivity contribution in [2.75, 3.05) is 51.3 Å². The summed E-state index contributed by atoms with van der Waals surface area (Å²) in [5, 5.41) is 6.83. The summed E-state index contributed by atoms with van der Waals surface area (Å²) < 4.78 is 11.2. The lowest BCUT2D eigenvalue weighted by Gasteiger charge is -2.33. The van der Waals surface area contributed by atoms with E-state index in [2.05, 4.69) is 20.5 Å². The molecule has 180 valence electrons. The Bertz CT molecular complexity index is 899. The fourth-order valence-corrected chi connectivity index (χ4v) is 4.38. The number of nitrogens with zero attached hydrogens (tertiary/aromatic N) is 3. The third-order valence-corrected chi connectivity index (χ3v) is 6.05. The number of benzene rings is 1. The molecule has 1 aromatic heterocycles. The molecule has 0 radical (unpaired) electrons. The fourth-order valence-electron chi connectivity index (χ4n) is 4.38. The van der Waals surface area contributed by atoms with Crippen LogP contribution in [0.5, 0.6) is 5.75 Å². The number of nitrogens with one attached hydrogen (secondary N) is 2. The third-order valence-electron chi connectivity index (χ3n) is 6.05.